The summed E-state index contributed by atoms with van der Waals surface area (Å²) < 4.78 is 5.54. The van der Waals surface area contributed by atoms with Crippen LogP contribution in [-0.2, 0) is 0 Å². The predicted molar refractivity (Wildman–Crippen MR) is 81.4 cm³/mol. The number of anilines is 1. The molecule has 1 aromatic heterocycles. The number of carbonyl (C=O) groups is 2. The van der Waals surface area contributed by atoms with E-state index in [1.165, 1.54) is 24.5 Å². The molecule has 6 heteroatoms. The molecule has 2 aromatic rings. The van der Waals surface area contributed by atoms with E-state index in [0.717, 1.165) is 6.42 Å². The van der Waals surface area contributed by atoms with Crippen molar-refractivity contribution in [3.8, 4) is 5.75 Å². The minimum absolute atomic E-state index is 0.0777. The Hall–Kier alpha value is -2.89. The molecule has 0 saturated carbocycles. The first kappa shape index (κ1) is 15.5. The van der Waals surface area contributed by atoms with E-state index in [1.54, 1.807) is 18.2 Å². The second-order valence-corrected chi connectivity index (χ2v) is 4.55. The number of carboxylic acid groups (broad SMARTS) is 1. The molecule has 0 fully saturated rings. The normalized spacial score (nSPS) is 10.0. The minimum Gasteiger partial charge on any atom is -0.491 e. The van der Waals surface area contributed by atoms with Crippen molar-refractivity contribution in [2.24, 2.45) is 0 Å². The van der Waals surface area contributed by atoms with Gasteiger partial charge in [-0.2, -0.15) is 0 Å². The number of hydrogen-bond acceptors (Lipinski definition) is 4. The standard InChI is InChI=1S/C16H16N2O4/c1-2-9-22-14-4-3-12(16(20)21)10-13(14)18-15(19)11-5-7-17-8-6-11/h3-8,10H,2,9H2,1H3,(H,18,19)(H,20,21). The first-order valence-electron chi connectivity index (χ1n) is 6.83. The summed E-state index contributed by atoms with van der Waals surface area (Å²) in [6.07, 6.45) is 3.83. The topological polar surface area (TPSA) is 88.5 Å². The number of aromatic nitrogens is 1. The number of rotatable bonds is 6. The summed E-state index contributed by atoms with van der Waals surface area (Å²) in [5.41, 5.74) is 0.834. The number of nitrogens with zero attached hydrogens (tertiary/aromatic N) is 1. The average Bonchev–Trinajstić information content (AvgIpc) is 2.54. The van der Waals surface area contributed by atoms with Crippen LogP contribution in [0.1, 0.15) is 34.1 Å². The fourth-order valence-electron chi connectivity index (χ4n) is 1.80. The lowest BCUT2D eigenvalue weighted by molar-refractivity contribution is 0.0696. The smallest absolute Gasteiger partial charge is 0.335 e. The van der Waals surface area contributed by atoms with Crippen molar-refractivity contribution in [3.05, 3.63) is 53.9 Å². The van der Waals surface area contributed by atoms with Gasteiger partial charge in [-0.3, -0.25) is 9.78 Å². The first-order valence-corrected chi connectivity index (χ1v) is 6.83. The molecule has 0 unspecified atom stereocenters. The van der Waals surface area contributed by atoms with Gasteiger partial charge in [0, 0.05) is 18.0 Å². The molecular formula is C16H16N2O4. The molecule has 0 aliphatic rings. The van der Waals surface area contributed by atoms with Gasteiger partial charge in [0.25, 0.3) is 5.91 Å². The van der Waals surface area contributed by atoms with Crippen molar-refractivity contribution in [1.29, 1.82) is 0 Å². The van der Waals surface area contributed by atoms with Gasteiger partial charge in [-0.1, -0.05) is 6.92 Å². The van der Waals surface area contributed by atoms with Crippen LogP contribution in [0.4, 0.5) is 5.69 Å². The van der Waals surface area contributed by atoms with E-state index < -0.39 is 5.97 Å². The zero-order chi connectivity index (χ0) is 15.9. The molecule has 6 nitrogen and oxygen atoms in total. The van der Waals surface area contributed by atoms with Crippen LogP contribution >= 0.6 is 0 Å². The fourth-order valence-corrected chi connectivity index (χ4v) is 1.80. The highest BCUT2D eigenvalue weighted by Crippen LogP contribution is 2.26. The van der Waals surface area contributed by atoms with Gasteiger partial charge in [-0.25, -0.2) is 4.79 Å². The molecule has 0 radical (unpaired) electrons. The summed E-state index contributed by atoms with van der Waals surface area (Å²) in [4.78, 5) is 27.1. The van der Waals surface area contributed by atoms with Crippen LogP contribution < -0.4 is 10.1 Å². The molecule has 0 spiro atoms. The van der Waals surface area contributed by atoms with Crippen LogP contribution in [0.25, 0.3) is 0 Å². The number of hydrogen-bond donors (Lipinski definition) is 2. The summed E-state index contributed by atoms with van der Waals surface area (Å²) in [5, 5.41) is 11.7. The molecule has 1 heterocycles. The molecule has 0 aliphatic heterocycles. The second kappa shape index (κ2) is 7.21. The van der Waals surface area contributed by atoms with E-state index in [9.17, 15) is 9.59 Å². The van der Waals surface area contributed by atoms with E-state index in [0.29, 0.717) is 23.6 Å². The Balaban J connectivity index is 2.28. The Morgan fingerprint density at radius 1 is 1.18 bits per heavy atom. The minimum atomic E-state index is -1.07. The van der Waals surface area contributed by atoms with Gasteiger partial charge in [0.1, 0.15) is 5.75 Å². The molecule has 0 aliphatic carbocycles. The van der Waals surface area contributed by atoms with Gasteiger partial charge in [0.2, 0.25) is 0 Å². The van der Waals surface area contributed by atoms with E-state index in [2.05, 4.69) is 10.3 Å². The van der Waals surface area contributed by atoms with E-state index in [-0.39, 0.29) is 11.5 Å². The van der Waals surface area contributed by atoms with E-state index in [4.69, 9.17) is 9.84 Å². The number of benzene rings is 1. The van der Waals surface area contributed by atoms with Crippen LogP contribution in [-0.4, -0.2) is 28.6 Å². The van der Waals surface area contributed by atoms with Gasteiger partial charge in [-0.15, -0.1) is 0 Å². The highest BCUT2D eigenvalue weighted by atomic mass is 16.5. The number of ether oxygens (including phenoxy) is 1. The maximum atomic E-state index is 12.2. The molecule has 1 amide bonds. The Kier molecular flexibility index (Phi) is 5.08. The lowest BCUT2D eigenvalue weighted by atomic mass is 10.1. The molecule has 22 heavy (non-hydrogen) atoms. The highest BCUT2D eigenvalue weighted by Gasteiger charge is 2.13. The molecular weight excluding hydrogens is 284 g/mol. The number of amides is 1. The van der Waals surface area contributed by atoms with E-state index >= 15 is 0 Å². The summed E-state index contributed by atoms with van der Waals surface area (Å²) in [5.74, 6) is -0.984. The number of pyridine rings is 1. The summed E-state index contributed by atoms with van der Waals surface area (Å²) in [7, 11) is 0. The van der Waals surface area contributed by atoms with Crippen LogP contribution in [0.3, 0.4) is 0 Å². The summed E-state index contributed by atoms with van der Waals surface area (Å²) in [6, 6.07) is 7.51. The Labute approximate surface area is 127 Å². The Morgan fingerprint density at radius 2 is 1.91 bits per heavy atom. The maximum Gasteiger partial charge on any atom is 0.335 e. The third-order valence-corrected chi connectivity index (χ3v) is 2.88. The van der Waals surface area contributed by atoms with Gasteiger partial charge in [0.05, 0.1) is 17.9 Å². The van der Waals surface area contributed by atoms with Crippen molar-refractivity contribution >= 4 is 17.6 Å². The van der Waals surface area contributed by atoms with Gasteiger partial charge < -0.3 is 15.2 Å². The summed E-state index contributed by atoms with van der Waals surface area (Å²) in [6.45, 7) is 2.44. The monoisotopic (exact) mass is 300 g/mol. The SMILES string of the molecule is CCCOc1ccc(C(=O)O)cc1NC(=O)c1ccncc1. The van der Waals surface area contributed by atoms with Crippen molar-refractivity contribution in [3.63, 3.8) is 0 Å². The third-order valence-electron chi connectivity index (χ3n) is 2.88. The van der Waals surface area contributed by atoms with Crippen molar-refractivity contribution < 1.29 is 19.4 Å². The fraction of sp³-hybridized carbons (Fsp3) is 0.188. The Bertz CT molecular complexity index is 671. The number of carboxylic acids is 1. The molecule has 2 N–H and O–H groups in total. The first-order chi connectivity index (χ1) is 10.6. The Morgan fingerprint density at radius 3 is 2.55 bits per heavy atom. The lowest BCUT2D eigenvalue weighted by Gasteiger charge is -2.13. The molecule has 0 atom stereocenters. The molecule has 0 bridgehead atoms. The second-order valence-electron chi connectivity index (χ2n) is 4.55. The summed E-state index contributed by atoms with van der Waals surface area (Å²) >= 11 is 0. The predicted octanol–water partition coefficient (Wildman–Crippen LogP) is 2.82. The van der Waals surface area contributed by atoms with Gasteiger partial charge in [-0.05, 0) is 36.8 Å². The van der Waals surface area contributed by atoms with Gasteiger partial charge >= 0.3 is 5.97 Å². The van der Waals surface area contributed by atoms with Crippen molar-refractivity contribution in [2.75, 3.05) is 11.9 Å². The maximum absolute atomic E-state index is 12.2. The van der Waals surface area contributed by atoms with Crippen LogP contribution in [0.2, 0.25) is 0 Å². The average molecular weight is 300 g/mol. The van der Waals surface area contributed by atoms with E-state index in [1.807, 2.05) is 6.92 Å². The number of nitrogens with one attached hydrogen (secondary N) is 1. The van der Waals surface area contributed by atoms with Crippen molar-refractivity contribution in [1.82, 2.24) is 4.98 Å². The largest absolute Gasteiger partial charge is 0.491 e. The lowest BCUT2D eigenvalue weighted by Crippen LogP contribution is -2.14. The quantitative estimate of drug-likeness (QED) is 0.856. The molecule has 1 aromatic carbocycles. The number of aromatic carboxylic acids is 1. The van der Waals surface area contributed by atoms with Gasteiger partial charge in [0.15, 0.2) is 0 Å². The molecule has 0 saturated heterocycles. The molecule has 2 rings (SSSR count). The van der Waals surface area contributed by atoms with Crippen LogP contribution in [0.5, 0.6) is 5.75 Å². The third kappa shape index (κ3) is 3.82. The van der Waals surface area contributed by atoms with Crippen LogP contribution in [0.15, 0.2) is 42.7 Å². The zero-order valence-corrected chi connectivity index (χ0v) is 12.1. The van der Waals surface area contributed by atoms with Crippen molar-refractivity contribution in [2.45, 2.75) is 13.3 Å². The van der Waals surface area contributed by atoms with Crippen LogP contribution in [0, 0.1) is 0 Å². The zero-order valence-electron chi connectivity index (χ0n) is 12.1. The highest BCUT2D eigenvalue weighted by molar-refractivity contribution is 6.05. The number of carbonyl (C=O) groups excluding carboxylic acids is 1. The molecule has 114 valence electrons.